The van der Waals surface area contributed by atoms with Crippen molar-refractivity contribution in [2.24, 2.45) is 0 Å². The third kappa shape index (κ3) is 4.89. The van der Waals surface area contributed by atoms with Gasteiger partial charge in [-0.25, -0.2) is 9.36 Å². The topological polar surface area (TPSA) is 73.9 Å². The monoisotopic (exact) mass is 223 g/mol. The first-order chi connectivity index (χ1) is 6.43. The lowest BCUT2D eigenvalue weighted by Crippen LogP contribution is -2.19. The van der Waals surface area contributed by atoms with Crippen molar-refractivity contribution < 1.29 is 22.9 Å². The second-order valence-electron chi connectivity index (χ2n) is 2.50. The van der Waals surface area contributed by atoms with Gasteiger partial charge in [-0.15, -0.1) is 0 Å². The Morgan fingerprint density at radius 2 is 2.14 bits per heavy atom. The standard InChI is InChI=1S/C7H14NO5P/c1-5-11-14(10,12-6(2)3)13-7(9)8-4/h5-6H,1H2,2-4H3,(H,8,9). The van der Waals surface area contributed by atoms with Gasteiger partial charge in [0.1, 0.15) is 0 Å². The normalized spacial score (nSPS) is 14.3. The van der Waals surface area contributed by atoms with Crippen LogP contribution in [-0.2, 0) is 18.1 Å². The van der Waals surface area contributed by atoms with Crippen LogP contribution in [0.25, 0.3) is 0 Å². The average Bonchev–Trinajstić information content (AvgIpc) is 2.02. The molecule has 0 aromatic rings. The van der Waals surface area contributed by atoms with Crippen LogP contribution in [0.2, 0.25) is 0 Å². The van der Waals surface area contributed by atoms with Gasteiger partial charge in [0.25, 0.3) is 0 Å². The minimum Gasteiger partial charge on any atom is -0.404 e. The van der Waals surface area contributed by atoms with Crippen LogP contribution in [0.3, 0.4) is 0 Å². The number of rotatable bonds is 5. The minimum atomic E-state index is -3.88. The van der Waals surface area contributed by atoms with Crippen LogP contribution in [0, 0.1) is 0 Å². The van der Waals surface area contributed by atoms with Gasteiger partial charge in [0, 0.05) is 7.05 Å². The lowest BCUT2D eigenvalue weighted by molar-refractivity contribution is 0.127. The van der Waals surface area contributed by atoms with Crippen molar-refractivity contribution >= 4 is 13.9 Å². The van der Waals surface area contributed by atoms with Crippen molar-refractivity contribution in [1.82, 2.24) is 5.32 Å². The Morgan fingerprint density at radius 3 is 2.50 bits per heavy atom. The fourth-order valence-corrected chi connectivity index (χ4v) is 1.69. The maximum absolute atomic E-state index is 11.6. The lowest BCUT2D eigenvalue weighted by atomic mass is 10.5. The molecule has 0 aliphatic carbocycles. The van der Waals surface area contributed by atoms with E-state index < -0.39 is 20.0 Å². The SMILES string of the molecule is C=COP(=O)(OC(=O)NC)OC(C)C. The molecule has 0 saturated heterocycles. The molecular formula is C7H14NO5P. The molecule has 0 spiro atoms. The van der Waals surface area contributed by atoms with Crippen molar-refractivity contribution in [3.05, 3.63) is 12.8 Å². The van der Waals surface area contributed by atoms with Gasteiger partial charge in [0.15, 0.2) is 0 Å². The first-order valence-corrected chi connectivity index (χ1v) is 5.38. The summed E-state index contributed by atoms with van der Waals surface area (Å²) in [5.41, 5.74) is 0. The molecule has 0 fully saturated rings. The number of amides is 1. The maximum atomic E-state index is 11.6. The maximum Gasteiger partial charge on any atom is 0.590 e. The van der Waals surface area contributed by atoms with Gasteiger partial charge in [-0.1, -0.05) is 6.58 Å². The molecule has 6 nitrogen and oxygen atoms in total. The van der Waals surface area contributed by atoms with Crippen LogP contribution >= 0.6 is 7.82 Å². The van der Waals surface area contributed by atoms with Crippen LogP contribution in [0.5, 0.6) is 0 Å². The molecular weight excluding hydrogens is 209 g/mol. The Bertz CT molecular complexity index is 252. The van der Waals surface area contributed by atoms with Crippen molar-refractivity contribution in [2.75, 3.05) is 7.05 Å². The van der Waals surface area contributed by atoms with E-state index in [9.17, 15) is 9.36 Å². The summed E-state index contributed by atoms with van der Waals surface area (Å²) in [6, 6.07) is 0. The van der Waals surface area contributed by atoms with E-state index in [2.05, 4.69) is 20.9 Å². The molecule has 14 heavy (non-hydrogen) atoms. The molecule has 1 amide bonds. The van der Waals surface area contributed by atoms with Crippen LogP contribution in [0.15, 0.2) is 12.8 Å². The fourth-order valence-electron chi connectivity index (χ4n) is 0.565. The average molecular weight is 223 g/mol. The highest BCUT2D eigenvalue weighted by molar-refractivity contribution is 7.49. The highest BCUT2D eigenvalue weighted by atomic mass is 31.2. The highest BCUT2D eigenvalue weighted by Gasteiger charge is 2.32. The molecule has 0 aromatic carbocycles. The third-order valence-electron chi connectivity index (χ3n) is 0.942. The summed E-state index contributed by atoms with van der Waals surface area (Å²) in [7, 11) is -2.55. The predicted molar refractivity (Wildman–Crippen MR) is 50.7 cm³/mol. The summed E-state index contributed by atoms with van der Waals surface area (Å²) in [6.45, 7) is 6.46. The van der Waals surface area contributed by atoms with Crippen molar-refractivity contribution in [3.8, 4) is 0 Å². The van der Waals surface area contributed by atoms with Crippen molar-refractivity contribution in [2.45, 2.75) is 20.0 Å². The molecule has 7 heteroatoms. The Morgan fingerprint density at radius 1 is 1.57 bits per heavy atom. The van der Waals surface area contributed by atoms with Crippen LogP contribution in [0.4, 0.5) is 4.79 Å². The molecule has 0 aliphatic rings. The second kappa shape index (κ2) is 5.67. The molecule has 82 valence electrons. The molecule has 0 heterocycles. The minimum absolute atomic E-state index is 0.398. The summed E-state index contributed by atoms with van der Waals surface area (Å²) < 4.78 is 25.4. The molecule has 0 saturated carbocycles. The van der Waals surface area contributed by atoms with Crippen molar-refractivity contribution in [1.29, 1.82) is 0 Å². The quantitative estimate of drug-likeness (QED) is 0.570. The Balaban J connectivity index is 4.46. The number of phosphoric acid groups is 1. The number of phosphoric ester groups is 1. The van der Waals surface area contributed by atoms with Gasteiger partial charge >= 0.3 is 13.9 Å². The van der Waals surface area contributed by atoms with Gasteiger partial charge in [0.2, 0.25) is 0 Å². The third-order valence-corrected chi connectivity index (χ3v) is 2.42. The van der Waals surface area contributed by atoms with Crippen LogP contribution in [0.1, 0.15) is 13.8 Å². The summed E-state index contributed by atoms with van der Waals surface area (Å²) in [6.07, 6.45) is -0.396. The van der Waals surface area contributed by atoms with Gasteiger partial charge < -0.3 is 14.4 Å². The molecule has 0 aliphatic heterocycles. The van der Waals surface area contributed by atoms with Gasteiger partial charge in [-0.3, -0.25) is 4.52 Å². The van der Waals surface area contributed by atoms with E-state index in [0.717, 1.165) is 6.26 Å². The van der Waals surface area contributed by atoms with E-state index in [0.29, 0.717) is 0 Å². The molecule has 0 bridgehead atoms. The summed E-state index contributed by atoms with van der Waals surface area (Å²) in [4.78, 5) is 10.8. The van der Waals surface area contributed by atoms with E-state index in [1.54, 1.807) is 13.8 Å². The zero-order chi connectivity index (χ0) is 11.2. The predicted octanol–water partition coefficient (Wildman–Crippen LogP) is 2.04. The molecule has 0 radical (unpaired) electrons. The first kappa shape index (κ1) is 13.0. The summed E-state index contributed by atoms with van der Waals surface area (Å²) in [5, 5.41) is 2.12. The Labute approximate surface area is 82.8 Å². The van der Waals surface area contributed by atoms with E-state index >= 15 is 0 Å². The summed E-state index contributed by atoms with van der Waals surface area (Å²) >= 11 is 0. The Kier molecular flexibility index (Phi) is 5.27. The van der Waals surface area contributed by atoms with E-state index in [4.69, 9.17) is 4.52 Å². The number of nitrogens with one attached hydrogen (secondary N) is 1. The molecule has 1 atom stereocenters. The van der Waals surface area contributed by atoms with E-state index in [1.165, 1.54) is 7.05 Å². The van der Waals surface area contributed by atoms with Gasteiger partial charge in [0.05, 0.1) is 12.4 Å². The van der Waals surface area contributed by atoms with Gasteiger partial charge in [-0.05, 0) is 13.8 Å². The zero-order valence-corrected chi connectivity index (χ0v) is 9.24. The molecule has 0 aromatic heterocycles. The first-order valence-electron chi connectivity index (χ1n) is 3.92. The highest BCUT2D eigenvalue weighted by Crippen LogP contribution is 2.50. The lowest BCUT2D eigenvalue weighted by Gasteiger charge is -2.17. The Hall–Kier alpha value is -1.00. The van der Waals surface area contributed by atoms with Crippen molar-refractivity contribution in [3.63, 3.8) is 0 Å². The largest absolute Gasteiger partial charge is 0.590 e. The van der Waals surface area contributed by atoms with Crippen LogP contribution < -0.4 is 5.32 Å². The molecule has 0 rings (SSSR count). The van der Waals surface area contributed by atoms with E-state index in [1.807, 2.05) is 0 Å². The number of hydrogen-bond donors (Lipinski definition) is 1. The molecule has 1 N–H and O–H groups in total. The molecule has 1 unspecified atom stereocenters. The van der Waals surface area contributed by atoms with E-state index in [-0.39, 0.29) is 0 Å². The second-order valence-corrected chi connectivity index (χ2v) is 4.00. The summed E-state index contributed by atoms with van der Waals surface area (Å²) in [5.74, 6) is 0. The number of carbonyl (C=O) groups is 1. The number of hydrogen-bond acceptors (Lipinski definition) is 5. The van der Waals surface area contributed by atoms with Crippen LogP contribution in [-0.4, -0.2) is 19.2 Å². The zero-order valence-electron chi connectivity index (χ0n) is 8.35. The fraction of sp³-hybridized carbons (Fsp3) is 0.571. The van der Waals surface area contributed by atoms with Gasteiger partial charge in [-0.2, -0.15) is 0 Å². The smallest absolute Gasteiger partial charge is 0.404 e. The number of carbonyl (C=O) groups excluding carboxylic acids is 1.